The van der Waals surface area contributed by atoms with E-state index in [0.29, 0.717) is 5.56 Å². The van der Waals surface area contributed by atoms with Gasteiger partial charge in [-0.3, -0.25) is 9.59 Å². The summed E-state index contributed by atoms with van der Waals surface area (Å²) in [5.41, 5.74) is 0.828. The minimum atomic E-state index is -0.430. The van der Waals surface area contributed by atoms with Crippen molar-refractivity contribution in [2.45, 2.75) is 20.8 Å². The molecule has 0 saturated carbocycles. The third kappa shape index (κ3) is 3.31. The van der Waals surface area contributed by atoms with E-state index in [1.165, 1.54) is 6.07 Å². The highest BCUT2D eigenvalue weighted by Gasteiger charge is 2.14. The van der Waals surface area contributed by atoms with E-state index in [-0.39, 0.29) is 29.6 Å². The summed E-state index contributed by atoms with van der Waals surface area (Å²) >= 11 is 0. The average Bonchev–Trinajstić information content (AvgIpc) is 2.29. The molecule has 2 N–H and O–H groups in total. The van der Waals surface area contributed by atoms with E-state index >= 15 is 0 Å². The molecule has 1 rings (SSSR count). The Hall–Kier alpha value is -1.84. The lowest BCUT2D eigenvalue weighted by Crippen LogP contribution is -2.31. The Morgan fingerprint density at radius 3 is 2.59 bits per heavy atom. The fraction of sp³-hybridized carbons (Fsp3) is 0.385. The van der Waals surface area contributed by atoms with Gasteiger partial charge in [-0.25, -0.2) is 0 Å². The van der Waals surface area contributed by atoms with Gasteiger partial charge in [0, 0.05) is 5.92 Å². The molecule has 0 fully saturated rings. The molecule has 0 radical (unpaired) electrons. The number of hydrogen-bond acceptors (Lipinski definition) is 3. The van der Waals surface area contributed by atoms with Crippen molar-refractivity contribution < 1.29 is 14.7 Å². The number of rotatable bonds is 4. The van der Waals surface area contributed by atoms with Crippen LogP contribution in [-0.2, 0) is 4.79 Å². The fourth-order valence-electron chi connectivity index (χ4n) is 1.31. The first-order valence-corrected chi connectivity index (χ1v) is 5.53. The van der Waals surface area contributed by atoms with Gasteiger partial charge in [0.1, 0.15) is 5.75 Å². The van der Waals surface area contributed by atoms with Crippen LogP contribution in [0.1, 0.15) is 29.8 Å². The molecule has 4 nitrogen and oxygen atoms in total. The highest BCUT2D eigenvalue weighted by molar-refractivity contribution is 5.99. The number of Topliss-reactive ketones (excluding diaryl/α,β-unsaturated/α-hetero) is 1. The quantitative estimate of drug-likeness (QED) is 0.834. The van der Waals surface area contributed by atoms with E-state index in [1.54, 1.807) is 32.9 Å². The number of phenols is 1. The smallest absolute Gasteiger partial charge is 0.255 e. The van der Waals surface area contributed by atoms with Crippen LogP contribution in [0.3, 0.4) is 0 Å². The molecule has 4 heteroatoms. The highest BCUT2D eigenvalue weighted by atomic mass is 16.3. The van der Waals surface area contributed by atoms with Gasteiger partial charge in [0.2, 0.25) is 0 Å². The molecule has 0 spiro atoms. The Morgan fingerprint density at radius 1 is 1.35 bits per heavy atom. The van der Waals surface area contributed by atoms with E-state index in [2.05, 4.69) is 5.32 Å². The largest absolute Gasteiger partial charge is 0.507 e. The first-order valence-electron chi connectivity index (χ1n) is 5.53. The number of ketones is 1. The predicted octanol–water partition coefficient (Wildman–Crippen LogP) is 1.66. The van der Waals surface area contributed by atoms with Crippen LogP contribution in [0.15, 0.2) is 18.2 Å². The summed E-state index contributed by atoms with van der Waals surface area (Å²) in [6.07, 6.45) is 0. The second-order valence-corrected chi connectivity index (χ2v) is 4.27. The van der Waals surface area contributed by atoms with Gasteiger partial charge in [0.15, 0.2) is 5.78 Å². The van der Waals surface area contributed by atoms with Crippen molar-refractivity contribution in [2.75, 3.05) is 6.54 Å². The standard InChI is InChI=1S/C13H17NO3/c1-8(2)11(15)7-14-13(17)10-6-4-5-9(3)12(10)16/h4-6,8,16H,7H2,1-3H3,(H,14,17). The van der Waals surface area contributed by atoms with Crippen molar-refractivity contribution in [3.05, 3.63) is 29.3 Å². The Labute approximate surface area is 101 Å². The van der Waals surface area contributed by atoms with Crippen molar-refractivity contribution >= 4 is 11.7 Å². The second kappa shape index (κ2) is 5.48. The summed E-state index contributed by atoms with van der Waals surface area (Å²) in [4.78, 5) is 23.1. The first-order chi connectivity index (χ1) is 7.93. The van der Waals surface area contributed by atoms with Crippen molar-refractivity contribution in [3.8, 4) is 5.75 Å². The molecule has 0 aliphatic heterocycles. The van der Waals surface area contributed by atoms with Crippen molar-refractivity contribution in [1.29, 1.82) is 0 Å². The number of carbonyl (C=O) groups is 2. The number of amides is 1. The number of nitrogens with one attached hydrogen (secondary N) is 1. The van der Waals surface area contributed by atoms with Crippen molar-refractivity contribution in [1.82, 2.24) is 5.32 Å². The van der Waals surface area contributed by atoms with Crippen LogP contribution in [0.25, 0.3) is 0 Å². The van der Waals surface area contributed by atoms with Crippen LogP contribution in [0.4, 0.5) is 0 Å². The Bertz CT molecular complexity index is 438. The lowest BCUT2D eigenvalue weighted by molar-refractivity contribution is -0.120. The van der Waals surface area contributed by atoms with Crippen LogP contribution in [0.2, 0.25) is 0 Å². The molecular formula is C13H17NO3. The minimum Gasteiger partial charge on any atom is -0.507 e. The number of para-hydroxylation sites is 1. The average molecular weight is 235 g/mol. The van der Waals surface area contributed by atoms with Crippen LogP contribution in [0, 0.1) is 12.8 Å². The zero-order valence-electron chi connectivity index (χ0n) is 10.3. The van der Waals surface area contributed by atoms with Crippen molar-refractivity contribution in [3.63, 3.8) is 0 Å². The van der Waals surface area contributed by atoms with Gasteiger partial charge in [-0.15, -0.1) is 0 Å². The molecule has 92 valence electrons. The van der Waals surface area contributed by atoms with Gasteiger partial charge >= 0.3 is 0 Å². The molecule has 0 unspecified atom stereocenters. The van der Waals surface area contributed by atoms with Crippen LogP contribution < -0.4 is 5.32 Å². The SMILES string of the molecule is Cc1cccc(C(=O)NCC(=O)C(C)C)c1O. The van der Waals surface area contributed by atoms with Gasteiger partial charge in [-0.2, -0.15) is 0 Å². The lowest BCUT2D eigenvalue weighted by Gasteiger charge is -2.09. The third-order valence-electron chi connectivity index (χ3n) is 2.55. The van der Waals surface area contributed by atoms with Crippen LogP contribution in [-0.4, -0.2) is 23.3 Å². The second-order valence-electron chi connectivity index (χ2n) is 4.27. The topological polar surface area (TPSA) is 66.4 Å². The molecule has 0 atom stereocenters. The summed E-state index contributed by atoms with van der Waals surface area (Å²) in [6.45, 7) is 5.26. The zero-order valence-corrected chi connectivity index (χ0v) is 10.3. The Balaban J connectivity index is 2.71. The van der Waals surface area contributed by atoms with Gasteiger partial charge in [-0.1, -0.05) is 26.0 Å². The monoisotopic (exact) mass is 235 g/mol. The molecule has 0 bridgehead atoms. The van der Waals surface area contributed by atoms with E-state index in [0.717, 1.165) is 0 Å². The maximum Gasteiger partial charge on any atom is 0.255 e. The molecule has 1 amide bonds. The third-order valence-corrected chi connectivity index (χ3v) is 2.55. The summed E-state index contributed by atoms with van der Waals surface area (Å²) in [7, 11) is 0. The molecule has 0 aliphatic rings. The number of aromatic hydroxyl groups is 1. The summed E-state index contributed by atoms with van der Waals surface area (Å²) in [5, 5.41) is 12.2. The summed E-state index contributed by atoms with van der Waals surface area (Å²) < 4.78 is 0. The molecule has 17 heavy (non-hydrogen) atoms. The fourth-order valence-corrected chi connectivity index (χ4v) is 1.31. The van der Waals surface area contributed by atoms with Crippen LogP contribution in [0.5, 0.6) is 5.75 Å². The lowest BCUT2D eigenvalue weighted by atomic mass is 10.1. The van der Waals surface area contributed by atoms with Crippen LogP contribution >= 0.6 is 0 Å². The molecule has 1 aromatic carbocycles. The number of phenolic OH excluding ortho intramolecular Hbond substituents is 1. The normalized spacial score (nSPS) is 10.4. The Morgan fingerprint density at radius 2 is 2.00 bits per heavy atom. The number of benzene rings is 1. The number of carbonyl (C=O) groups excluding carboxylic acids is 2. The maximum absolute atomic E-state index is 11.7. The first kappa shape index (κ1) is 13.2. The molecular weight excluding hydrogens is 218 g/mol. The summed E-state index contributed by atoms with van der Waals surface area (Å²) in [6, 6.07) is 4.93. The van der Waals surface area contributed by atoms with E-state index in [9.17, 15) is 14.7 Å². The highest BCUT2D eigenvalue weighted by Crippen LogP contribution is 2.20. The van der Waals surface area contributed by atoms with Gasteiger partial charge < -0.3 is 10.4 Å². The molecule has 0 aromatic heterocycles. The van der Waals surface area contributed by atoms with E-state index in [4.69, 9.17) is 0 Å². The molecule has 1 aromatic rings. The van der Waals surface area contributed by atoms with E-state index < -0.39 is 5.91 Å². The van der Waals surface area contributed by atoms with Gasteiger partial charge in [-0.05, 0) is 18.6 Å². The zero-order chi connectivity index (χ0) is 13.0. The Kier molecular flexibility index (Phi) is 4.26. The maximum atomic E-state index is 11.7. The number of aryl methyl sites for hydroxylation is 1. The summed E-state index contributed by atoms with van der Waals surface area (Å²) in [5.74, 6) is -0.617. The molecule has 0 heterocycles. The van der Waals surface area contributed by atoms with Gasteiger partial charge in [0.05, 0.1) is 12.1 Å². The number of hydrogen-bond donors (Lipinski definition) is 2. The molecule has 0 saturated heterocycles. The van der Waals surface area contributed by atoms with Crippen molar-refractivity contribution in [2.24, 2.45) is 5.92 Å². The van der Waals surface area contributed by atoms with Gasteiger partial charge in [0.25, 0.3) is 5.91 Å². The molecule has 0 aliphatic carbocycles. The minimum absolute atomic E-state index is 0.0100. The van der Waals surface area contributed by atoms with E-state index in [1.807, 2.05) is 0 Å². The predicted molar refractivity (Wildman–Crippen MR) is 65.0 cm³/mol.